The summed E-state index contributed by atoms with van der Waals surface area (Å²) in [5, 5.41) is 12.3. The molecular formula is C15H27NO3. The highest BCUT2D eigenvalue weighted by molar-refractivity contribution is 5.85. The standard InChI is InChI=1S/C15H27NO3/c1-9(2)15(5,14(18)19)8-13(17)16-12-7-6-10(3)11(12)4/h9-12H,6-8H2,1-5H3,(H,16,17)(H,18,19). The second kappa shape index (κ2) is 5.93. The molecule has 0 aromatic heterocycles. The lowest BCUT2D eigenvalue weighted by atomic mass is 9.76. The van der Waals surface area contributed by atoms with E-state index in [0.717, 1.165) is 12.8 Å². The quantitative estimate of drug-likeness (QED) is 0.806. The number of carbonyl (C=O) groups excluding carboxylic acids is 1. The van der Waals surface area contributed by atoms with Crippen LogP contribution in [0, 0.1) is 23.2 Å². The van der Waals surface area contributed by atoms with E-state index in [0.29, 0.717) is 11.8 Å². The molecule has 0 aliphatic heterocycles. The molecule has 0 radical (unpaired) electrons. The van der Waals surface area contributed by atoms with Gasteiger partial charge in [0.05, 0.1) is 5.41 Å². The largest absolute Gasteiger partial charge is 0.481 e. The minimum atomic E-state index is -0.989. The molecule has 1 aliphatic rings. The highest BCUT2D eigenvalue weighted by atomic mass is 16.4. The third-order valence-corrected chi connectivity index (χ3v) is 5.10. The third kappa shape index (κ3) is 3.48. The van der Waals surface area contributed by atoms with Crippen LogP contribution in [0.1, 0.15) is 53.9 Å². The van der Waals surface area contributed by atoms with E-state index in [2.05, 4.69) is 19.2 Å². The number of nitrogens with one attached hydrogen (secondary N) is 1. The predicted octanol–water partition coefficient (Wildman–Crippen LogP) is 2.67. The molecular weight excluding hydrogens is 242 g/mol. The highest BCUT2D eigenvalue weighted by Crippen LogP contribution is 2.33. The predicted molar refractivity (Wildman–Crippen MR) is 74.7 cm³/mol. The van der Waals surface area contributed by atoms with Gasteiger partial charge in [-0.15, -0.1) is 0 Å². The number of amides is 1. The lowest BCUT2D eigenvalue weighted by Gasteiger charge is -2.29. The lowest BCUT2D eigenvalue weighted by molar-refractivity contribution is -0.153. The Balaban J connectivity index is 2.62. The van der Waals surface area contributed by atoms with Crippen LogP contribution in [0.4, 0.5) is 0 Å². The number of hydrogen-bond donors (Lipinski definition) is 2. The summed E-state index contributed by atoms with van der Waals surface area (Å²) in [5.74, 6) is -0.00828. The van der Waals surface area contributed by atoms with E-state index in [1.54, 1.807) is 6.92 Å². The Bertz CT molecular complexity index is 353. The molecule has 4 nitrogen and oxygen atoms in total. The van der Waals surface area contributed by atoms with Crippen molar-refractivity contribution < 1.29 is 14.7 Å². The molecule has 0 spiro atoms. The van der Waals surface area contributed by atoms with Crippen LogP contribution < -0.4 is 5.32 Å². The Hall–Kier alpha value is -1.06. The van der Waals surface area contributed by atoms with Crippen LogP contribution in [-0.4, -0.2) is 23.0 Å². The fourth-order valence-electron chi connectivity index (χ4n) is 2.69. The van der Waals surface area contributed by atoms with Crippen LogP contribution in [0.2, 0.25) is 0 Å². The van der Waals surface area contributed by atoms with E-state index in [4.69, 9.17) is 0 Å². The average molecular weight is 269 g/mol. The maximum atomic E-state index is 12.1. The Kier molecular flexibility index (Phi) is 4.99. The van der Waals surface area contributed by atoms with Gasteiger partial charge in [0.1, 0.15) is 0 Å². The normalized spacial score (nSPS) is 30.1. The van der Waals surface area contributed by atoms with E-state index >= 15 is 0 Å². The van der Waals surface area contributed by atoms with Crippen LogP contribution in [0.5, 0.6) is 0 Å². The van der Waals surface area contributed by atoms with Crippen LogP contribution in [0.25, 0.3) is 0 Å². The first-order valence-corrected chi connectivity index (χ1v) is 7.21. The van der Waals surface area contributed by atoms with Crippen molar-refractivity contribution in [3.05, 3.63) is 0 Å². The van der Waals surface area contributed by atoms with Crippen LogP contribution in [-0.2, 0) is 9.59 Å². The van der Waals surface area contributed by atoms with Crippen LogP contribution >= 0.6 is 0 Å². The Morgan fingerprint density at radius 2 is 1.89 bits per heavy atom. The number of carbonyl (C=O) groups is 2. The second-order valence-corrected chi connectivity index (χ2v) is 6.64. The molecule has 0 bridgehead atoms. The molecule has 1 fully saturated rings. The van der Waals surface area contributed by atoms with Crippen molar-refractivity contribution in [3.63, 3.8) is 0 Å². The fourth-order valence-corrected chi connectivity index (χ4v) is 2.69. The topological polar surface area (TPSA) is 66.4 Å². The summed E-state index contributed by atoms with van der Waals surface area (Å²) in [7, 11) is 0. The average Bonchev–Trinajstić information content (AvgIpc) is 2.60. The summed E-state index contributed by atoms with van der Waals surface area (Å²) >= 11 is 0. The Morgan fingerprint density at radius 3 is 2.26 bits per heavy atom. The van der Waals surface area contributed by atoms with Crippen LogP contribution in [0.3, 0.4) is 0 Å². The Morgan fingerprint density at radius 1 is 1.32 bits per heavy atom. The van der Waals surface area contributed by atoms with Crippen molar-refractivity contribution in [2.75, 3.05) is 0 Å². The van der Waals surface area contributed by atoms with Gasteiger partial charge < -0.3 is 10.4 Å². The van der Waals surface area contributed by atoms with Crippen molar-refractivity contribution in [1.29, 1.82) is 0 Å². The molecule has 1 amide bonds. The SMILES string of the molecule is CC1CCC(NC(=O)CC(C)(C(=O)O)C(C)C)C1C. The zero-order chi connectivity index (χ0) is 14.8. The van der Waals surface area contributed by atoms with Gasteiger partial charge in [-0.3, -0.25) is 9.59 Å². The summed E-state index contributed by atoms with van der Waals surface area (Å²) in [6.07, 6.45) is 2.18. The zero-order valence-electron chi connectivity index (χ0n) is 12.7. The molecule has 0 aromatic rings. The van der Waals surface area contributed by atoms with Crippen molar-refractivity contribution in [1.82, 2.24) is 5.32 Å². The lowest BCUT2D eigenvalue weighted by Crippen LogP contribution is -2.43. The van der Waals surface area contributed by atoms with Gasteiger partial charge in [-0.25, -0.2) is 0 Å². The number of hydrogen-bond acceptors (Lipinski definition) is 2. The molecule has 0 saturated heterocycles. The molecule has 19 heavy (non-hydrogen) atoms. The summed E-state index contributed by atoms with van der Waals surface area (Å²) in [6, 6.07) is 0.202. The number of carboxylic acids is 1. The highest BCUT2D eigenvalue weighted by Gasteiger charge is 2.40. The first-order valence-electron chi connectivity index (χ1n) is 7.21. The molecule has 4 heteroatoms. The van der Waals surface area contributed by atoms with Crippen LogP contribution in [0.15, 0.2) is 0 Å². The molecule has 4 atom stereocenters. The first kappa shape index (κ1) is 16.0. The summed E-state index contributed by atoms with van der Waals surface area (Å²) in [4.78, 5) is 23.5. The number of rotatable bonds is 5. The second-order valence-electron chi connectivity index (χ2n) is 6.64. The van der Waals surface area contributed by atoms with E-state index in [1.807, 2.05) is 13.8 Å². The summed E-state index contributed by atoms with van der Waals surface area (Å²) in [6.45, 7) is 9.71. The third-order valence-electron chi connectivity index (χ3n) is 5.10. The zero-order valence-corrected chi connectivity index (χ0v) is 12.7. The Labute approximate surface area is 116 Å². The van der Waals surface area contributed by atoms with Gasteiger partial charge in [0, 0.05) is 12.5 Å². The van der Waals surface area contributed by atoms with E-state index < -0.39 is 11.4 Å². The van der Waals surface area contributed by atoms with Gasteiger partial charge in [0.15, 0.2) is 0 Å². The molecule has 4 unspecified atom stereocenters. The minimum Gasteiger partial charge on any atom is -0.481 e. The maximum absolute atomic E-state index is 12.1. The van der Waals surface area contributed by atoms with Gasteiger partial charge >= 0.3 is 5.97 Å². The van der Waals surface area contributed by atoms with Crippen molar-refractivity contribution in [3.8, 4) is 0 Å². The van der Waals surface area contributed by atoms with Crippen molar-refractivity contribution >= 4 is 11.9 Å². The van der Waals surface area contributed by atoms with E-state index in [-0.39, 0.29) is 24.3 Å². The fraction of sp³-hybridized carbons (Fsp3) is 0.867. The van der Waals surface area contributed by atoms with Crippen molar-refractivity contribution in [2.24, 2.45) is 23.2 Å². The summed E-state index contributed by atoms with van der Waals surface area (Å²) < 4.78 is 0. The van der Waals surface area contributed by atoms with E-state index in [1.165, 1.54) is 0 Å². The van der Waals surface area contributed by atoms with Gasteiger partial charge in [0.2, 0.25) is 5.91 Å². The first-order chi connectivity index (χ1) is 8.68. The molecule has 2 N–H and O–H groups in total. The number of carboxylic acid groups (broad SMARTS) is 1. The van der Waals surface area contributed by atoms with Gasteiger partial charge in [-0.1, -0.05) is 27.7 Å². The molecule has 1 rings (SSSR count). The van der Waals surface area contributed by atoms with Crippen molar-refractivity contribution in [2.45, 2.75) is 59.9 Å². The molecule has 1 aliphatic carbocycles. The smallest absolute Gasteiger partial charge is 0.310 e. The minimum absolute atomic E-state index is 0.0532. The summed E-state index contributed by atoms with van der Waals surface area (Å²) in [5.41, 5.74) is -0.989. The van der Waals surface area contributed by atoms with Gasteiger partial charge in [-0.2, -0.15) is 0 Å². The molecule has 1 saturated carbocycles. The van der Waals surface area contributed by atoms with E-state index in [9.17, 15) is 14.7 Å². The molecule has 0 aromatic carbocycles. The van der Waals surface area contributed by atoms with Gasteiger partial charge in [-0.05, 0) is 37.5 Å². The molecule has 110 valence electrons. The van der Waals surface area contributed by atoms with Gasteiger partial charge in [0.25, 0.3) is 0 Å². The maximum Gasteiger partial charge on any atom is 0.310 e. The molecule has 0 heterocycles. The number of aliphatic carboxylic acids is 1. The monoisotopic (exact) mass is 269 g/mol.